The Kier molecular flexibility index (Phi) is 53.8. The van der Waals surface area contributed by atoms with Crippen LogP contribution < -0.4 is 0 Å². The van der Waals surface area contributed by atoms with Crippen molar-refractivity contribution in [3.8, 4) is 0 Å². The highest BCUT2D eigenvalue weighted by atomic mass is 16.6. The fourth-order valence-corrected chi connectivity index (χ4v) is 8.72. The second kappa shape index (κ2) is 55.0. The average Bonchev–Trinajstić information content (AvgIpc) is 3.29. The van der Waals surface area contributed by atoms with Crippen LogP contribution in [0.15, 0.2) is 12.2 Å². The van der Waals surface area contributed by atoms with Gasteiger partial charge in [-0.25, -0.2) is 0 Å². The lowest BCUT2D eigenvalue weighted by molar-refractivity contribution is -0.155. The molecule has 0 bridgehead atoms. The van der Waals surface area contributed by atoms with E-state index >= 15 is 0 Å². The highest BCUT2D eigenvalue weighted by Crippen LogP contribution is 2.17. The number of ether oxygens (including phenoxy) is 3. The van der Waals surface area contributed by atoms with E-state index in [9.17, 15) is 9.59 Å². The van der Waals surface area contributed by atoms with Gasteiger partial charge in [-0.05, 0) is 44.9 Å². The molecule has 63 heavy (non-hydrogen) atoms. The van der Waals surface area contributed by atoms with Crippen LogP contribution in [-0.2, 0) is 23.8 Å². The maximum Gasteiger partial charge on any atom is 0.305 e. The van der Waals surface area contributed by atoms with E-state index in [4.69, 9.17) is 14.2 Å². The van der Waals surface area contributed by atoms with Crippen molar-refractivity contribution in [1.82, 2.24) is 0 Å². The topological polar surface area (TPSA) is 61.8 Å². The lowest BCUT2D eigenvalue weighted by atomic mass is 10.0. The second-order valence-corrected chi connectivity index (χ2v) is 19.5. The van der Waals surface area contributed by atoms with Crippen molar-refractivity contribution < 1.29 is 23.8 Å². The van der Waals surface area contributed by atoms with Gasteiger partial charge in [-0.3, -0.25) is 9.59 Å². The molecule has 0 saturated heterocycles. The largest absolute Gasteiger partial charge is 0.463 e. The summed E-state index contributed by atoms with van der Waals surface area (Å²) < 4.78 is 17.5. The van der Waals surface area contributed by atoms with Crippen molar-refractivity contribution in [3.63, 3.8) is 0 Å². The van der Waals surface area contributed by atoms with Crippen LogP contribution in [0.1, 0.15) is 323 Å². The molecule has 1 atom stereocenters. The predicted octanol–water partition coefficient (Wildman–Crippen LogP) is 19.4. The Labute approximate surface area is 395 Å². The van der Waals surface area contributed by atoms with E-state index in [1.165, 1.54) is 250 Å². The highest BCUT2D eigenvalue weighted by Gasteiger charge is 2.16. The maximum absolute atomic E-state index is 12.6. The van der Waals surface area contributed by atoms with E-state index < -0.39 is 6.10 Å². The van der Waals surface area contributed by atoms with Gasteiger partial charge in [-0.2, -0.15) is 0 Å². The molecule has 5 nitrogen and oxygen atoms in total. The van der Waals surface area contributed by atoms with Gasteiger partial charge in [0.2, 0.25) is 0 Å². The first-order valence-electron chi connectivity index (χ1n) is 28.7. The van der Waals surface area contributed by atoms with Gasteiger partial charge in [0.15, 0.2) is 0 Å². The minimum atomic E-state index is -0.391. The van der Waals surface area contributed by atoms with Crippen LogP contribution in [0.3, 0.4) is 0 Å². The molecule has 0 aliphatic carbocycles. The maximum atomic E-state index is 12.6. The highest BCUT2D eigenvalue weighted by molar-refractivity contribution is 5.69. The number of rotatable bonds is 54. The molecule has 0 radical (unpaired) electrons. The van der Waals surface area contributed by atoms with Crippen molar-refractivity contribution >= 4 is 11.9 Å². The van der Waals surface area contributed by atoms with Gasteiger partial charge in [-0.1, -0.05) is 277 Å². The van der Waals surface area contributed by atoms with Crippen LogP contribution in [0.4, 0.5) is 0 Å². The normalized spacial score (nSPS) is 12.1. The molecule has 0 aliphatic rings. The Morgan fingerprint density at radius 2 is 0.556 bits per heavy atom. The molecule has 0 aliphatic heterocycles. The smallest absolute Gasteiger partial charge is 0.305 e. The minimum absolute atomic E-state index is 0.157. The van der Waals surface area contributed by atoms with Gasteiger partial charge < -0.3 is 14.2 Å². The summed E-state index contributed by atoms with van der Waals surface area (Å²) >= 11 is 0. The molecular formula is C58H112O5. The SMILES string of the molecule is CCCCCCCC/C=C\CCCCCCCCCCCC(=O)OC[C@H](COC(=O)CCCCCCCCCCCCCC)OCCCCCCCCCCCCCCCCCC. The summed E-state index contributed by atoms with van der Waals surface area (Å²) in [5, 5.41) is 0. The van der Waals surface area contributed by atoms with Crippen molar-refractivity contribution in [1.29, 1.82) is 0 Å². The Morgan fingerprint density at radius 1 is 0.317 bits per heavy atom. The number of allylic oxidation sites excluding steroid dienone is 2. The summed E-state index contributed by atoms with van der Waals surface area (Å²) in [5.41, 5.74) is 0. The molecule has 0 saturated carbocycles. The Morgan fingerprint density at radius 3 is 0.841 bits per heavy atom. The van der Waals surface area contributed by atoms with Gasteiger partial charge >= 0.3 is 11.9 Å². The van der Waals surface area contributed by atoms with Crippen LogP contribution in [0.5, 0.6) is 0 Å². The molecule has 0 aromatic heterocycles. The fraction of sp³-hybridized carbons (Fsp3) is 0.931. The Hall–Kier alpha value is -1.36. The van der Waals surface area contributed by atoms with Crippen LogP contribution >= 0.6 is 0 Å². The molecule has 0 amide bonds. The van der Waals surface area contributed by atoms with Gasteiger partial charge in [0.1, 0.15) is 19.3 Å². The number of carbonyl (C=O) groups is 2. The predicted molar refractivity (Wildman–Crippen MR) is 275 cm³/mol. The first kappa shape index (κ1) is 61.6. The molecule has 374 valence electrons. The summed E-state index contributed by atoms with van der Waals surface area (Å²) in [4.78, 5) is 25.3. The van der Waals surface area contributed by atoms with Gasteiger partial charge in [-0.15, -0.1) is 0 Å². The third-order valence-electron chi connectivity index (χ3n) is 13.1. The molecule has 0 spiro atoms. The molecule has 0 rings (SSSR count). The molecule has 0 heterocycles. The summed E-state index contributed by atoms with van der Waals surface area (Å²) in [6.45, 7) is 7.80. The molecule has 0 fully saturated rings. The standard InChI is InChI=1S/C58H112O5/c1-4-7-10-13-16-19-22-25-27-29-30-31-32-34-37-40-43-46-49-52-58(60)63-55-56(54-62-57(59)51-48-45-42-39-36-24-21-18-15-12-9-6-3)61-53-50-47-44-41-38-35-33-28-26-23-20-17-14-11-8-5-2/h25,27,56H,4-24,26,28-55H2,1-3H3/b27-25-/t56-/m0/s1. The van der Waals surface area contributed by atoms with E-state index in [0.717, 1.165) is 38.5 Å². The third-order valence-corrected chi connectivity index (χ3v) is 13.1. The monoisotopic (exact) mass is 889 g/mol. The summed E-state index contributed by atoms with van der Waals surface area (Å²) in [6.07, 6.45) is 63.9. The van der Waals surface area contributed by atoms with E-state index in [0.29, 0.717) is 19.4 Å². The minimum Gasteiger partial charge on any atom is -0.463 e. The number of carbonyl (C=O) groups excluding carboxylic acids is 2. The summed E-state index contributed by atoms with van der Waals surface area (Å²) in [7, 11) is 0. The fourth-order valence-electron chi connectivity index (χ4n) is 8.72. The zero-order valence-electron chi connectivity index (χ0n) is 43.1. The summed E-state index contributed by atoms with van der Waals surface area (Å²) in [5.74, 6) is -0.314. The Bertz CT molecular complexity index is 917. The number of hydrogen-bond donors (Lipinski definition) is 0. The van der Waals surface area contributed by atoms with Crippen molar-refractivity contribution in [3.05, 3.63) is 12.2 Å². The average molecular weight is 890 g/mol. The van der Waals surface area contributed by atoms with Crippen molar-refractivity contribution in [2.45, 2.75) is 329 Å². The van der Waals surface area contributed by atoms with Crippen molar-refractivity contribution in [2.75, 3.05) is 19.8 Å². The molecular weight excluding hydrogens is 777 g/mol. The zero-order valence-corrected chi connectivity index (χ0v) is 43.1. The van der Waals surface area contributed by atoms with E-state index in [2.05, 4.69) is 32.9 Å². The van der Waals surface area contributed by atoms with Gasteiger partial charge in [0.25, 0.3) is 0 Å². The number of hydrogen-bond acceptors (Lipinski definition) is 5. The lowest BCUT2D eigenvalue weighted by Crippen LogP contribution is -2.29. The van der Waals surface area contributed by atoms with E-state index in [1.807, 2.05) is 0 Å². The van der Waals surface area contributed by atoms with Crippen LogP contribution in [-0.4, -0.2) is 37.9 Å². The van der Waals surface area contributed by atoms with Crippen LogP contribution in [0, 0.1) is 0 Å². The van der Waals surface area contributed by atoms with Crippen LogP contribution in [0.2, 0.25) is 0 Å². The molecule has 0 aromatic rings. The molecule has 5 heteroatoms. The lowest BCUT2D eigenvalue weighted by Gasteiger charge is -2.18. The van der Waals surface area contributed by atoms with Gasteiger partial charge in [0, 0.05) is 19.4 Å². The van der Waals surface area contributed by atoms with Crippen LogP contribution in [0.25, 0.3) is 0 Å². The molecule has 0 unspecified atom stereocenters. The first-order chi connectivity index (χ1) is 31.1. The van der Waals surface area contributed by atoms with Crippen molar-refractivity contribution in [2.24, 2.45) is 0 Å². The van der Waals surface area contributed by atoms with E-state index in [-0.39, 0.29) is 25.2 Å². The zero-order chi connectivity index (χ0) is 45.6. The molecule has 0 aromatic carbocycles. The second-order valence-electron chi connectivity index (χ2n) is 19.5. The quantitative estimate of drug-likeness (QED) is 0.0346. The third kappa shape index (κ3) is 53.1. The van der Waals surface area contributed by atoms with Gasteiger partial charge in [0.05, 0.1) is 0 Å². The first-order valence-corrected chi connectivity index (χ1v) is 28.7. The Balaban J connectivity index is 4.17. The number of esters is 2. The molecule has 0 N–H and O–H groups in total. The number of unbranched alkanes of at least 4 members (excludes halogenated alkanes) is 41. The van der Waals surface area contributed by atoms with E-state index in [1.54, 1.807) is 0 Å². The summed E-state index contributed by atoms with van der Waals surface area (Å²) in [6, 6.07) is 0.